The van der Waals surface area contributed by atoms with Crippen LogP contribution in [0, 0.1) is 5.92 Å². The van der Waals surface area contributed by atoms with Gasteiger partial charge >= 0.3 is 5.97 Å². The van der Waals surface area contributed by atoms with Crippen molar-refractivity contribution in [3.05, 3.63) is 35.9 Å². The molecule has 0 unspecified atom stereocenters. The molecule has 0 saturated carbocycles. The van der Waals surface area contributed by atoms with Crippen LogP contribution in [0.5, 0.6) is 0 Å². The van der Waals surface area contributed by atoms with Crippen LogP contribution in [0.1, 0.15) is 38.3 Å². The number of carbonyl (C=O) groups is 1. The van der Waals surface area contributed by atoms with Crippen molar-refractivity contribution in [2.75, 3.05) is 17.3 Å². The number of rotatable bonds is 6. The third-order valence-electron chi connectivity index (χ3n) is 4.69. The van der Waals surface area contributed by atoms with Gasteiger partial charge < -0.3 is 4.74 Å². The lowest BCUT2D eigenvalue weighted by Crippen LogP contribution is -2.57. The highest BCUT2D eigenvalue weighted by Gasteiger charge is 2.43. The fraction of sp³-hybridized carbons (Fsp3) is 0.611. The Balaban J connectivity index is 2.35. The number of carbonyl (C=O) groups excluding carboxylic acids is 1. The van der Waals surface area contributed by atoms with Gasteiger partial charge in [-0.25, -0.2) is 0 Å². The lowest BCUT2D eigenvalue weighted by atomic mass is 9.85. The third kappa shape index (κ3) is 4.37. The van der Waals surface area contributed by atoms with E-state index in [4.69, 9.17) is 4.74 Å². The summed E-state index contributed by atoms with van der Waals surface area (Å²) in [6.07, 6.45) is 2.14. The number of hydrogen-bond acceptors (Lipinski definition) is 3. The van der Waals surface area contributed by atoms with Gasteiger partial charge in [-0.15, -0.1) is 0 Å². The van der Waals surface area contributed by atoms with E-state index in [9.17, 15) is 4.79 Å². The van der Waals surface area contributed by atoms with Crippen molar-refractivity contribution in [1.29, 1.82) is 0 Å². The van der Waals surface area contributed by atoms with Crippen molar-refractivity contribution < 1.29 is 9.53 Å². The zero-order chi connectivity index (χ0) is 16.8. The van der Waals surface area contributed by atoms with Crippen LogP contribution in [0.4, 0.5) is 0 Å². The van der Waals surface area contributed by atoms with Gasteiger partial charge in [-0.1, -0.05) is 62.2 Å². The average Bonchev–Trinajstić information content (AvgIpc) is 2.60. The maximum atomic E-state index is 12.7. The second-order valence-electron chi connectivity index (χ2n) is 6.03. The Morgan fingerprint density at radius 1 is 1.26 bits per heavy atom. The highest BCUT2D eigenvalue weighted by Crippen LogP contribution is 2.37. The maximum Gasteiger partial charge on any atom is 0.323 e. The Morgan fingerprint density at radius 2 is 1.96 bits per heavy atom. The fourth-order valence-electron chi connectivity index (χ4n) is 3.50. The molecule has 0 bridgehead atoms. The van der Waals surface area contributed by atoms with Crippen molar-refractivity contribution in [2.45, 2.75) is 44.8 Å². The monoisotopic (exact) mass is 445 g/mol. The molecule has 0 amide bonds. The van der Waals surface area contributed by atoms with Gasteiger partial charge in [0.1, 0.15) is 6.04 Å². The van der Waals surface area contributed by atoms with E-state index in [1.807, 2.05) is 13.0 Å². The summed E-state index contributed by atoms with van der Waals surface area (Å²) in [7, 11) is 0. The van der Waals surface area contributed by atoms with E-state index in [0.717, 1.165) is 23.5 Å². The van der Waals surface area contributed by atoms with E-state index >= 15 is 0 Å². The number of likely N-dealkylation sites (tertiary alicyclic amines) is 1. The van der Waals surface area contributed by atoms with E-state index < -0.39 is 0 Å². The first-order valence-electron chi connectivity index (χ1n) is 8.24. The van der Waals surface area contributed by atoms with Gasteiger partial charge in [-0.3, -0.25) is 9.69 Å². The van der Waals surface area contributed by atoms with E-state index in [2.05, 4.69) is 67.9 Å². The molecule has 23 heavy (non-hydrogen) atoms. The molecule has 0 radical (unpaired) electrons. The highest BCUT2D eigenvalue weighted by molar-refractivity contribution is 9.09. The van der Waals surface area contributed by atoms with Gasteiger partial charge in [0.2, 0.25) is 0 Å². The molecule has 2 rings (SSSR count). The molecule has 0 aromatic heterocycles. The number of alkyl halides is 2. The van der Waals surface area contributed by atoms with E-state index in [1.165, 1.54) is 5.56 Å². The van der Waals surface area contributed by atoms with Crippen LogP contribution in [0.3, 0.4) is 0 Å². The van der Waals surface area contributed by atoms with Crippen LogP contribution in [-0.4, -0.2) is 40.2 Å². The first kappa shape index (κ1) is 18.9. The first-order chi connectivity index (χ1) is 11.1. The van der Waals surface area contributed by atoms with Gasteiger partial charge in [-0.2, -0.15) is 0 Å². The summed E-state index contributed by atoms with van der Waals surface area (Å²) in [5.41, 5.74) is 1.24. The standard InChI is InChI=1S/C18H25Br2NO2/c1-3-23-18(22)17-15(11-19)9-10-16(12-20)21(17)13(2)14-7-5-4-6-8-14/h4-8,13,15-17H,3,9-12H2,1-2H3/t13-,15-,16+,17+/m1/s1. The molecule has 1 aliphatic heterocycles. The number of piperidine rings is 1. The van der Waals surface area contributed by atoms with Crippen LogP contribution < -0.4 is 0 Å². The molecule has 1 saturated heterocycles. The summed E-state index contributed by atoms with van der Waals surface area (Å²) in [6, 6.07) is 10.7. The number of nitrogens with zero attached hydrogens (tertiary/aromatic N) is 1. The average molecular weight is 447 g/mol. The van der Waals surface area contributed by atoms with Crippen LogP contribution in [0.15, 0.2) is 30.3 Å². The van der Waals surface area contributed by atoms with Gasteiger partial charge in [0, 0.05) is 22.7 Å². The highest BCUT2D eigenvalue weighted by atomic mass is 79.9. The zero-order valence-electron chi connectivity index (χ0n) is 13.8. The molecule has 128 valence electrons. The normalized spacial score (nSPS) is 26.7. The number of ether oxygens (including phenoxy) is 1. The predicted molar refractivity (Wildman–Crippen MR) is 101 cm³/mol. The summed E-state index contributed by atoms with van der Waals surface area (Å²) in [6.45, 7) is 4.49. The lowest BCUT2D eigenvalue weighted by molar-refractivity contribution is -0.156. The smallest absolute Gasteiger partial charge is 0.323 e. The van der Waals surface area contributed by atoms with E-state index in [1.54, 1.807) is 0 Å². The molecule has 1 aliphatic rings. The number of benzene rings is 1. The van der Waals surface area contributed by atoms with Crippen molar-refractivity contribution in [3.63, 3.8) is 0 Å². The lowest BCUT2D eigenvalue weighted by Gasteiger charge is -2.47. The molecule has 1 aromatic carbocycles. The zero-order valence-corrected chi connectivity index (χ0v) is 16.9. The number of esters is 1. The number of halogens is 2. The first-order valence-corrected chi connectivity index (χ1v) is 10.5. The summed E-state index contributed by atoms with van der Waals surface area (Å²) in [5, 5.41) is 1.69. The molecule has 1 heterocycles. The van der Waals surface area contributed by atoms with Crippen LogP contribution in [0.2, 0.25) is 0 Å². The second-order valence-corrected chi connectivity index (χ2v) is 7.33. The van der Waals surface area contributed by atoms with Crippen molar-refractivity contribution in [1.82, 2.24) is 4.90 Å². The molecule has 4 atom stereocenters. The second kappa shape index (κ2) is 9.19. The molecule has 0 N–H and O–H groups in total. The molecule has 0 spiro atoms. The van der Waals surface area contributed by atoms with E-state index in [-0.39, 0.29) is 24.0 Å². The van der Waals surface area contributed by atoms with Crippen molar-refractivity contribution >= 4 is 37.8 Å². The summed E-state index contributed by atoms with van der Waals surface area (Å²) < 4.78 is 5.41. The van der Waals surface area contributed by atoms with Crippen LogP contribution >= 0.6 is 31.9 Å². The van der Waals surface area contributed by atoms with Gasteiger partial charge in [-0.05, 0) is 38.2 Å². The Bertz CT molecular complexity index is 497. The minimum Gasteiger partial charge on any atom is -0.465 e. The number of hydrogen-bond donors (Lipinski definition) is 0. The topological polar surface area (TPSA) is 29.5 Å². The summed E-state index contributed by atoms with van der Waals surface area (Å²) >= 11 is 7.24. The Kier molecular flexibility index (Phi) is 7.57. The fourth-order valence-corrected chi connectivity index (χ4v) is 4.84. The van der Waals surface area contributed by atoms with Crippen molar-refractivity contribution in [3.8, 4) is 0 Å². The van der Waals surface area contributed by atoms with Crippen LogP contribution in [0.25, 0.3) is 0 Å². The Labute approximate surface area is 156 Å². The van der Waals surface area contributed by atoms with Gasteiger partial charge in [0.25, 0.3) is 0 Å². The Hall–Kier alpha value is -0.390. The van der Waals surface area contributed by atoms with Crippen molar-refractivity contribution in [2.24, 2.45) is 5.92 Å². The Morgan fingerprint density at radius 3 is 2.52 bits per heavy atom. The summed E-state index contributed by atoms with van der Waals surface area (Å²) in [5.74, 6) is 0.195. The maximum absolute atomic E-state index is 12.7. The molecular formula is C18H25Br2NO2. The quantitative estimate of drug-likeness (QED) is 0.474. The molecule has 3 nitrogen and oxygen atoms in total. The van der Waals surface area contributed by atoms with Gasteiger partial charge in [0.15, 0.2) is 0 Å². The summed E-state index contributed by atoms with van der Waals surface area (Å²) in [4.78, 5) is 15.0. The SMILES string of the molecule is CCOC(=O)[C@@H]1[C@@H](CBr)CC[C@@H](CBr)N1[C@H](C)c1ccccc1. The minimum atomic E-state index is -0.194. The minimum absolute atomic E-state index is 0.0922. The van der Waals surface area contributed by atoms with E-state index in [0.29, 0.717) is 12.6 Å². The van der Waals surface area contributed by atoms with Gasteiger partial charge in [0.05, 0.1) is 6.61 Å². The molecule has 5 heteroatoms. The van der Waals surface area contributed by atoms with Crippen LogP contribution in [-0.2, 0) is 9.53 Å². The third-order valence-corrected chi connectivity index (χ3v) is 6.27. The molecular weight excluding hydrogens is 422 g/mol. The molecule has 1 aromatic rings. The molecule has 0 aliphatic carbocycles. The largest absolute Gasteiger partial charge is 0.465 e. The predicted octanol–water partition coefficient (Wildman–Crippen LogP) is 4.55. The molecule has 1 fully saturated rings.